The molecule has 1 atom stereocenters. The van der Waals surface area contributed by atoms with Gasteiger partial charge in [-0.05, 0) is 29.7 Å². The summed E-state index contributed by atoms with van der Waals surface area (Å²) in [6.07, 6.45) is 4.04. The molecule has 10 heteroatoms. The first-order chi connectivity index (χ1) is 15.7. The van der Waals surface area contributed by atoms with Gasteiger partial charge in [0.15, 0.2) is 0 Å². The number of nitrogens with zero attached hydrogens (tertiary/aromatic N) is 2. The van der Waals surface area contributed by atoms with Gasteiger partial charge in [-0.2, -0.15) is 5.10 Å². The molecule has 0 radical (unpaired) electrons. The van der Waals surface area contributed by atoms with Gasteiger partial charge in [-0.15, -0.1) is 6.58 Å². The molecule has 0 saturated carbocycles. The molecule has 8 nitrogen and oxygen atoms in total. The maximum absolute atomic E-state index is 12.0. The highest BCUT2D eigenvalue weighted by Crippen LogP contribution is 2.11. The van der Waals surface area contributed by atoms with E-state index < -0.39 is 33.6 Å². The van der Waals surface area contributed by atoms with Crippen molar-refractivity contribution in [3.05, 3.63) is 102 Å². The van der Waals surface area contributed by atoms with Gasteiger partial charge in [0.1, 0.15) is 5.92 Å². The average Bonchev–Trinajstić information content (AvgIpc) is 3.20. The molecule has 2 aromatic carbocycles. The number of aromatic nitrogens is 2. The zero-order valence-corrected chi connectivity index (χ0v) is 19.2. The van der Waals surface area contributed by atoms with E-state index >= 15 is 0 Å². The molecule has 0 fully saturated rings. The number of carboxylic acid groups (broad SMARTS) is 1. The van der Waals surface area contributed by atoms with E-state index in [0.29, 0.717) is 12.1 Å². The van der Waals surface area contributed by atoms with Gasteiger partial charge in [0.25, 0.3) is 0 Å². The van der Waals surface area contributed by atoms with E-state index in [2.05, 4.69) is 11.7 Å². The van der Waals surface area contributed by atoms with Crippen LogP contribution in [0.25, 0.3) is 0 Å². The summed E-state index contributed by atoms with van der Waals surface area (Å²) in [4.78, 5) is 23.4. The van der Waals surface area contributed by atoms with Gasteiger partial charge < -0.3 is 5.11 Å². The standard InChI is InChI=1S/C17H19N3O5S.C6H5Cl/c1-2-8-26(24,25)19-16(21)15(17(22)23)9-14-10-18-20(12-14)11-13-6-4-3-5-7-13;7-6-4-2-1-3-5-6/h2-7,10,12,15H,1,8-9,11H2,(H,19,21)(H,22,23);1-5H. The lowest BCUT2D eigenvalue weighted by molar-refractivity contribution is -0.146. The zero-order chi connectivity index (χ0) is 24.3. The van der Waals surface area contributed by atoms with E-state index in [4.69, 9.17) is 11.6 Å². The van der Waals surface area contributed by atoms with Crippen LogP contribution in [0.2, 0.25) is 5.02 Å². The minimum Gasteiger partial charge on any atom is -0.481 e. The van der Waals surface area contributed by atoms with Crippen LogP contribution in [0.1, 0.15) is 11.1 Å². The van der Waals surface area contributed by atoms with Crippen molar-refractivity contribution in [2.75, 3.05) is 5.75 Å². The van der Waals surface area contributed by atoms with Crippen LogP contribution in [0.3, 0.4) is 0 Å². The monoisotopic (exact) mass is 489 g/mol. The third kappa shape index (κ3) is 9.30. The lowest BCUT2D eigenvalue weighted by atomic mass is 10.0. The molecule has 0 aliphatic heterocycles. The summed E-state index contributed by atoms with van der Waals surface area (Å²) < 4.78 is 26.6. The van der Waals surface area contributed by atoms with Gasteiger partial charge in [0.05, 0.1) is 18.5 Å². The first-order valence-electron chi connectivity index (χ1n) is 9.84. The smallest absolute Gasteiger partial charge is 0.316 e. The number of benzene rings is 2. The number of sulfonamides is 1. The van der Waals surface area contributed by atoms with E-state index in [-0.39, 0.29) is 6.42 Å². The zero-order valence-electron chi connectivity index (χ0n) is 17.7. The Kier molecular flexibility index (Phi) is 9.84. The second-order valence-corrected chi connectivity index (χ2v) is 9.16. The quantitative estimate of drug-likeness (QED) is 0.352. The lowest BCUT2D eigenvalue weighted by Gasteiger charge is -2.11. The Bertz CT molecular complexity index is 1170. The fourth-order valence-corrected chi connectivity index (χ4v) is 3.72. The summed E-state index contributed by atoms with van der Waals surface area (Å²) in [7, 11) is -3.94. The first kappa shape index (κ1) is 25.8. The van der Waals surface area contributed by atoms with Crippen molar-refractivity contribution < 1.29 is 23.1 Å². The third-order valence-corrected chi connectivity index (χ3v) is 5.69. The van der Waals surface area contributed by atoms with Crippen LogP contribution < -0.4 is 4.72 Å². The highest BCUT2D eigenvalue weighted by atomic mass is 35.5. The van der Waals surface area contributed by atoms with Crippen LogP contribution in [-0.2, 0) is 32.6 Å². The normalized spacial score (nSPS) is 11.5. The van der Waals surface area contributed by atoms with Gasteiger partial charge >= 0.3 is 5.97 Å². The second-order valence-electron chi connectivity index (χ2n) is 6.96. The molecule has 0 bridgehead atoms. The number of halogens is 1. The molecular formula is C23H24ClN3O5S. The fraction of sp³-hybridized carbons (Fsp3) is 0.174. The third-order valence-electron chi connectivity index (χ3n) is 4.25. The summed E-state index contributed by atoms with van der Waals surface area (Å²) in [5, 5.41) is 14.2. The SMILES string of the molecule is C=CCS(=O)(=O)NC(=O)C(Cc1cnn(Cc2ccccc2)c1)C(=O)O.Clc1ccccc1. The molecule has 1 heterocycles. The minimum atomic E-state index is -3.94. The molecular weight excluding hydrogens is 466 g/mol. The predicted octanol–water partition coefficient (Wildman–Crippen LogP) is 3.15. The number of aliphatic carboxylic acids is 1. The van der Waals surface area contributed by atoms with E-state index in [0.717, 1.165) is 16.7 Å². The van der Waals surface area contributed by atoms with Crippen LogP contribution in [-0.4, -0.2) is 40.9 Å². The average molecular weight is 490 g/mol. The second kappa shape index (κ2) is 12.6. The van der Waals surface area contributed by atoms with Crippen molar-refractivity contribution in [1.82, 2.24) is 14.5 Å². The summed E-state index contributed by atoms with van der Waals surface area (Å²) in [6, 6.07) is 19.0. The molecule has 174 valence electrons. The molecule has 0 aliphatic carbocycles. The van der Waals surface area contributed by atoms with E-state index in [9.17, 15) is 23.1 Å². The Morgan fingerprint density at radius 1 is 1.09 bits per heavy atom. The van der Waals surface area contributed by atoms with Crippen molar-refractivity contribution in [2.24, 2.45) is 5.92 Å². The number of hydrogen-bond donors (Lipinski definition) is 2. The molecule has 1 amide bonds. The number of rotatable bonds is 9. The van der Waals surface area contributed by atoms with Crippen LogP contribution in [0, 0.1) is 5.92 Å². The molecule has 0 saturated heterocycles. The Balaban J connectivity index is 0.000000468. The summed E-state index contributed by atoms with van der Waals surface area (Å²) >= 11 is 5.54. The van der Waals surface area contributed by atoms with Gasteiger partial charge in [-0.3, -0.25) is 19.0 Å². The van der Waals surface area contributed by atoms with Gasteiger partial charge in [0.2, 0.25) is 15.9 Å². The number of hydrogen-bond acceptors (Lipinski definition) is 5. The van der Waals surface area contributed by atoms with Crippen molar-refractivity contribution in [2.45, 2.75) is 13.0 Å². The highest BCUT2D eigenvalue weighted by Gasteiger charge is 2.29. The summed E-state index contributed by atoms with van der Waals surface area (Å²) in [6.45, 7) is 3.78. The predicted molar refractivity (Wildman–Crippen MR) is 126 cm³/mol. The summed E-state index contributed by atoms with van der Waals surface area (Å²) in [5.74, 6) is -4.51. The minimum absolute atomic E-state index is 0.167. The van der Waals surface area contributed by atoms with Crippen LogP contribution in [0.15, 0.2) is 85.7 Å². The van der Waals surface area contributed by atoms with Crippen LogP contribution >= 0.6 is 11.6 Å². The summed E-state index contributed by atoms with van der Waals surface area (Å²) in [5.41, 5.74) is 1.54. The van der Waals surface area contributed by atoms with Gasteiger partial charge in [-0.25, -0.2) is 8.42 Å². The number of carbonyl (C=O) groups excluding carboxylic acids is 1. The van der Waals surface area contributed by atoms with E-state index in [1.807, 2.05) is 60.7 Å². The fourth-order valence-electron chi connectivity index (χ4n) is 2.73. The number of carboxylic acids is 1. The Hall–Kier alpha value is -3.43. The topological polar surface area (TPSA) is 118 Å². The molecule has 1 aromatic heterocycles. The molecule has 0 aliphatic rings. The maximum Gasteiger partial charge on any atom is 0.316 e. The van der Waals surface area contributed by atoms with Crippen LogP contribution in [0.5, 0.6) is 0 Å². The molecule has 3 aromatic rings. The van der Waals surface area contributed by atoms with Crippen molar-refractivity contribution in [3.63, 3.8) is 0 Å². The Morgan fingerprint density at radius 2 is 1.70 bits per heavy atom. The lowest BCUT2D eigenvalue weighted by Crippen LogP contribution is -2.40. The number of amides is 1. The molecule has 33 heavy (non-hydrogen) atoms. The maximum atomic E-state index is 12.0. The molecule has 0 spiro atoms. The molecule has 1 unspecified atom stereocenters. The van der Waals surface area contributed by atoms with E-state index in [1.165, 1.54) is 6.20 Å². The van der Waals surface area contributed by atoms with Gasteiger partial charge in [-0.1, -0.05) is 66.2 Å². The largest absolute Gasteiger partial charge is 0.481 e. The van der Waals surface area contributed by atoms with Crippen molar-refractivity contribution in [3.8, 4) is 0 Å². The van der Waals surface area contributed by atoms with Gasteiger partial charge in [0, 0.05) is 11.2 Å². The number of nitrogens with one attached hydrogen (secondary N) is 1. The Morgan fingerprint density at radius 3 is 2.21 bits per heavy atom. The Labute approximate surface area is 197 Å². The molecule has 2 N–H and O–H groups in total. The first-order valence-corrected chi connectivity index (χ1v) is 11.9. The van der Waals surface area contributed by atoms with E-state index in [1.54, 1.807) is 15.6 Å². The highest BCUT2D eigenvalue weighted by molar-refractivity contribution is 7.90. The van der Waals surface area contributed by atoms with Crippen LogP contribution in [0.4, 0.5) is 0 Å². The number of carbonyl (C=O) groups is 2. The molecule has 3 rings (SSSR count). The van der Waals surface area contributed by atoms with Crippen molar-refractivity contribution >= 4 is 33.5 Å². The van der Waals surface area contributed by atoms with Crippen molar-refractivity contribution in [1.29, 1.82) is 0 Å².